The monoisotopic (exact) mass is 335 g/mol. The molecule has 0 amide bonds. The largest absolute Gasteiger partial charge is 0 e. The molecule has 0 unspecified atom stereocenters. The second-order valence-corrected chi connectivity index (χ2v) is 0. The summed E-state index contributed by atoms with van der Waals surface area (Å²) in [4.78, 5) is 0. The molecule has 0 heterocycles. The van der Waals surface area contributed by atoms with E-state index in [2.05, 4.69) is 0 Å². The first kappa shape index (κ1) is 16.5. The van der Waals surface area contributed by atoms with Gasteiger partial charge in [0.1, 0.15) is 0 Å². The smallest absolute Gasteiger partial charge is 0 e. The molecule has 0 aliphatic rings. The van der Waals surface area contributed by atoms with Crippen molar-refractivity contribution in [1.82, 2.24) is 0 Å². The summed E-state index contributed by atoms with van der Waals surface area (Å²) in [6.07, 6.45) is 0. The van der Waals surface area contributed by atoms with Crippen LogP contribution in [0.1, 0.15) is 0 Å². The van der Waals surface area contributed by atoms with E-state index < -0.39 is 0 Å². The molecule has 0 aliphatic carbocycles. The van der Waals surface area contributed by atoms with Crippen LogP contribution in [0.3, 0.4) is 0 Å². The van der Waals surface area contributed by atoms with Crippen LogP contribution in [0.15, 0.2) is 0 Å². The molecule has 0 aromatic rings. The van der Waals surface area contributed by atoms with E-state index in [-0.39, 0.29) is 48.6 Å². The summed E-state index contributed by atoms with van der Waals surface area (Å²) in [5.74, 6) is 0. The minimum absolute atomic E-state index is 0. The van der Waals surface area contributed by atoms with Crippen LogP contribution < -0.4 is 0 Å². The molecular formula is OTaTiZr. The predicted octanol–water partition coefficient (Wildman–Crippen LogP) is -0.126. The molecular weight excluding hydrogens is 336 g/mol. The van der Waals surface area contributed by atoms with E-state index in [1.54, 1.807) is 0 Å². The van der Waals surface area contributed by atoms with Crippen molar-refractivity contribution >= 4 is 0 Å². The summed E-state index contributed by atoms with van der Waals surface area (Å²) < 4.78 is 8.25. The van der Waals surface area contributed by atoms with Gasteiger partial charge in [-0.25, -0.2) is 0 Å². The van der Waals surface area contributed by atoms with Gasteiger partial charge >= 0.3 is 23.7 Å². The number of rotatable bonds is 0. The van der Waals surface area contributed by atoms with Crippen LogP contribution in [0.2, 0.25) is 0 Å². The van der Waals surface area contributed by atoms with E-state index in [0.717, 1.165) is 20.4 Å². The van der Waals surface area contributed by atoms with Gasteiger partial charge in [0.2, 0.25) is 0 Å². The summed E-state index contributed by atoms with van der Waals surface area (Å²) in [7, 11) is 0. The molecule has 4 heavy (non-hydrogen) atoms. The van der Waals surface area contributed by atoms with Gasteiger partial charge in [-0.15, -0.1) is 0 Å². The van der Waals surface area contributed by atoms with Crippen molar-refractivity contribution in [2.75, 3.05) is 0 Å². The summed E-state index contributed by atoms with van der Waals surface area (Å²) in [5.41, 5.74) is 0. The van der Waals surface area contributed by atoms with Gasteiger partial charge in [-0.1, -0.05) is 0 Å². The first-order valence-corrected chi connectivity index (χ1v) is 0.842. The summed E-state index contributed by atoms with van der Waals surface area (Å²) in [6.45, 7) is 0. The van der Waals surface area contributed by atoms with E-state index in [0.29, 0.717) is 0 Å². The maximum Gasteiger partial charge on any atom is 0 e. The second kappa shape index (κ2) is 19.2. The Morgan fingerprint density at radius 1 is 1.25 bits per heavy atom. The van der Waals surface area contributed by atoms with Gasteiger partial charge in [-0.3, -0.25) is 0 Å². The topological polar surface area (TPSA) is 17.1 Å². The van der Waals surface area contributed by atoms with Crippen molar-refractivity contribution in [3.05, 3.63) is 0 Å². The zero-order chi connectivity index (χ0) is 2.00. The molecule has 0 fully saturated rings. The maximum absolute atomic E-state index is 8.25. The van der Waals surface area contributed by atoms with Crippen molar-refractivity contribution in [1.29, 1.82) is 0 Å². The number of hydrogen-bond acceptors (Lipinski definition) is 1. The molecule has 4 heteroatoms. The Balaban J connectivity index is -0.00000000500. The Bertz CT molecular complexity index is 8.00. The maximum atomic E-state index is 8.25. The van der Waals surface area contributed by atoms with Crippen LogP contribution in [0.4, 0.5) is 0 Å². The third-order valence-electron chi connectivity index (χ3n) is 0. The van der Waals surface area contributed by atoms with Crippen LogP contribution >= 0.6 is 0 Å². The third kappa shape index (κ3) is 8.91. The van der Waals surface area contributed by atoms with E-state index in [4.69, 9.17) is 3.32 Å². The van der Waals surface area contributed by atoms with Gasteiger partial charge < -0.3 is 0 Å². The van der Waals surface area contributed by atoms with E-state index in [9.17, 15) is 0 Å². The van der Waals surface area contributed by atoms with Crippen LogP contribution in [0, 0.1) is 0 Å². The van der Waals surface area contributed by atoms with Gasteiger partial charge in [0.25, 0.3) is 0 Å². The van der Waals surface area contributed by atoms with Crippen molar-refractivity contribution < 1.29 is 72.3 Å². The predicted molar refractivity (Wildman–Crippen MR) is 0.686 cm³/mol. The van der Waals surface area contributed by atoms with Gasteiger partial charge in [0.05, 0.1) is 0 Å². The fraction of sp³-hybridized carbons (Fsp3) is 0. The quantitative estimate of drug-likeness (QED) is 0.564. The minimum atomic E-state index is 0. The van der Waals surface area contributed by atoms with Crippen molar-refractivity contribution in [3.8, 4) is 0 Å². The molecule has 0 aromatic carbocycles. The van der Waals surface area contributed by atoms with Crippen LogP contribution in [0.5, 0.6) is 0 Å². The molecule has 0 spiro atoms. The fourth-order valence-corrected chi connectivity index (χ4v) is 0. The van der Waals surface area contributed by atoms with E-state index >= 15 is 0 Å². The summed E-state index contributed by atoms with van der Waals surface area (Å²) in [6, 6.07) is 0. The molecule has 0 aliphatic heterocycles. The van der Waals surface area contributed by atoms with Crippen molar-refractivity contribution in [3.63, 3.8) is 0 Å². The molecule has 1 nitrogen and oxygen atoms in total. The summed E-state index contributed by atoms with van der Waals surface area (Å²) >= 11 is 0.750. The van der Waals surface area contributed by atoms with Crippen LogP contribution in [-0.4, -0.2) is 0 Å². The zero-order valence-electron chi connectivity index (χ0n) is 1.86. The Kier molecular flexibility index (Phi) is 79.2. The van der Waals surface area contributed by atoms with Gasteiger partial charge in [0, 0.05) is 48.6 Å². The van der Waals surface area contributed by atoms with Gasteiger partial charge in [0.15, 0.2) is 0 Å². The normalized spacial score (nSPS) is 0.750. The Morgan fingerprint density at radius 2 is 1.25 bits per heavy atom. The Morgan fingerprint density at radius 3 is 1.25 bits per heavy atom. The third-order valence-corrected chi connectivity index (χ3v) is 0. The second-order valence-electron chi connectivity index (χ2n) is 0. The van der Waals surface area contributed by atoms with Crippen molar-refractivity contribution in [2.45, 2.75) is 0 Å². The number of hydrogen-bond donors (Lipinski definition) is 0. The van der Waals surface area contributed by atoms with Gasteiger partial charge in [-0.05, 0) is 0 Å². The fourth-order valence-electron chi connectivity index (χ4n) is 0. The van der Waals surface area contributed by atoms with E-state index in [1.807, 2.05) is 0 Å². The molecule has 0 atom stereocenters. The Labute approximate surface area is 71.3 Å². The SMILES string of the molecule is [O]=[Ti].[Ta].[Zr]. The molecule has 0 N–H and O–H groups in total. The van der Waals surface area contributed by atoms with Crippen LogP contribution in [-0.2, 0) is 72.3 Å². The zero-order valence-corrected chi connectivity index (χ0v) is 9.09. The molecule has 0 saturated heterocycles. The van der Waals surface area contributed by atoms with Crippen LogP contribution in [0.25, 0.3) is 0 Å². The molecule has 1 radical (unpaired) electrons. The first-order chi connectivity index (χ1) is 1.00. The van der Waals surface area contributed by atoms with E-state index in [1.165, 1.54) is 0 Å². The summed E-state index contributed by atoms with van der Waals surface area (Å²) in [5, 5.41) is 0. The first-order valence-electron chi connectivity index (χ1n) is 0.204. The molecule has 0 aromatic heterocycles. The minimum Gasteiger partial charge on any atom is 0 e. The van der Waals surface area contributed by atoms with Crippen molar-refractivity contribution in [2.24, 2.45) is 0 Å². The average molecular weight is 336 g/mol. The molecule has 0 rings (SSSR count). The molecule has 0 bridgehead atoms. The van der Waals surface area contributed by atoms with Gasteiger partial charge in [-0.2, -0.15) is 0 Å². The molecule has 0 saturated carbocycles. The standard InChI is InChI=1S/O.Ta.Ti.Zr. The Hall–Kier alpha value is 2.14. The average Bonchev–Trinajstić information content (AvgIpc) is 1.00. The molecule has 19 valence electrons.